The first-order valence-electron chi connectivity index (χ1n) is 18.4. The molecule has 0 bridgehead atoms. The monoisotopic (exact) mass is 675 g/mol. The Kier molecular flexibility index (Phi) is 6.58. The van der Waals surface area contributed by atoms with Gasteiger partial charge >= 0.3 is 5.66 Å². The van der Waals surface area contributed by atoms with E-state index in [1.807, 2.05) is 0 Å². The average Bonchev–Trinajstić information content (AvgIpc) is 3.74. The molecule has 4 nitrogen and oxygen atoms in total. The number of hydrogen-bond donors (Lipinski definition) is 0. The summed E-state index contributed by atoms with van der Waals surface area (Å²) in [4.78, 5) is 5.12. The Morgan fingerprint density at radius 2 is 1.29 bits per heavy atom. The number of aromatic nitrogens is 3. The van der Waals surface area contributed by atoms with E-state index in [0.717, 1.165) is 46.1 Å². The van der Waals surface area contributed by atoms with Crippen molar-refractivity contribution < 1.29 is 13.6 Å². The Morgan fingerprint density at radius 3 is 2.10 bits per heavy atom. The number of hydrogen-bond acceptors (Lipinski definition) is 2. The highest BCUT2D eigenvalue weighted by Gasteiger charge is 2.67. The standard InChI is InChI=1S/C48H41N3O/c1-28-12-17-36(31(4)22-28)40-25-44-45-41(21-20-37-38-19-16-35(49-47(38)52-46(37)45)15-14-34-10-8-7-9-11-34)48(51(44)27-33(40)6)42-23-29(2)13-18-39(42)43-24-30(3)32(5)26-50(43)48/h7-13,16-27H,14-15H2,1-6H3/q+2. The molecule has 1 unspecified atom stereocenters. The lowest BCUT2D eigenvalue weighted by molar-refractivity contribution is -0.955. The van der Waals surface area contributed by atoms with Crippen LogP contribution in [0.1, 0.15) is 55.8 Å². The van der Waals surface area contributed by atoms with Gasteiger partial charge in [-0.25, -0.2) is 4.98 Å². The molecule has 0 saturated carbocycles. The quantitative estimate of drug-likeness (QED) is 0.174. The number of fused-ring (bicyclic) bond motifs is 14. The largest absolute Gasteiger partial charge is 0.437 e. The highest BCUT2D eigenvalue weighted by molar-refractivity contribution is 6.09. The van der Waals surface area contributed by atoms with Crippen LogP contribution in [-0.4, -0.2) is 4.98 Å². The summed E-state index contributed by atoms with van der Waals surface area (Å²) in [7, 11) is 0. The maximum atomic E-state index is 6.97. The lowest BCUT2D eigenvalue weighted by atomic mass is 9.88. The van der Waals surface area contributed by atoms with Crippen LogP contribution in [0.3, 0.4) is 0 Å². The van der Waals surface area contributed by atoms with Gasteiger partial charge < -0.3 is 4.42 Å². The van der Waals surface area contributed by atoms with Gasteiger partial charge in [0.15, 0.2) is 18.0 Å². The molecule has 6 heterocycles. The van der Waals surface area contributed by atoms with Gasteiger partial charge in [0.2, 0.25) is 17.1 Å². The minimum Gasteiger partial charge on any atom is -0.437 e. The molecule has 4 heteroatoms. The van der Waals surface area contributed by atoms with Crippen LogP contribution in [-0.2, 0) is 18.5 Å². The molecule has 0 radical (unpaired) electrons. The molecule has 10 rings (SSSR count). The van der Waals surface area contributed by atoms with Crippen molar-refractivity contribution >= 4 is 22.1 Å². The minimum atomic E-state index is -0.632. The van der Waals surface area contributed by atoms with E-state index in [1.165, 1.54) is 72.5 Å². The molecule has 252 valence electrons. The summed E-state index contributed by atoms with van der Waals surface area (Å²) in [5.74, 6) is 0. The Hall–Kier alpha value is -5.87. The molecule has 0 N–H and O–H groups in total. The summed E-state index contributed by atoms with van der Waals surface area (Å²) < 4.78 is 12.0. The van der Waals surface area contributed by atoms with Crippen LogP contribution < -0.4 is 9.13 Å². The van der Waals surface area contributed by atoms with Gasteiger partial charge in [0.1, 0.15) is 16.7 Å². The fourth-order valence-electron chi connectivity index (χ4n) is 9.06. The van der Waals surface area contributed by atoms with E-state index in [-0.39, 0.29) is 0 Å². The molecule has 4 aromatic heterocycles. The first-order chi connectivity index (χ1) is 25.2. The molecule has 1 atom stereocenters. The third-order valence-electron chi connectivity index (χ3n) is 11.8. The highest BCUT2D eigenvalue weighted by atomic mass is 16.3. The van der Waals surface area contributed by atoms with Crippen LogP contribution in [0, 0.1) is 41.5 Å². The molecule has 0 aliphatic carbocycles. The van der Waals surface area contributed by atoms with E-state index < -0.39 is 5.66 Å². The SMILES string of the molecule is Cc1ccc(-c2cc3[n+](cc2C)C2(c4cc(C)ccc4-c4cc(C)c(C)c[n+]42)c2ccc4c(oc5nc(CCc6ccccc6)ccc54)c2-3)c(C)c1. The maximum Gasteiger partial charge on any atom is 0.417 e. The maximum absolute atomic E-state index is 6.97. The molecule has 4 aromatic carbocycles. The Bertz CT molecular complexity index is 2810. The summed E-state index contributed by atoms with van der Waals surface area (Å²) in [5.41, 5.74) is 20.7. The van der Waals surface area contributed by atoms with Gasteiger partial charge in [-0.1, -0.05) is 65.7 Å². The van der Waals surface area contributed by atoms with E-state index in [9.17, 15) is 0 Å². The normalized spacial score (nSPS) is 15.3. The molecule has 52 heavy (non-hydrogen) atoms. The van der Waals surface area contributed by atoms with E-state index >= 15 is 0 Å². The zero-order valence-corrected chi connectivity index (χ0v) is 30.6. The predicted molar refractivity (Wildman–Crippen MR) is 209 cm³/mol. The number of nitrogens with zero attached hydrogens (tertiary/aromatic N) is 3. The summed E-state index contributed by atoms with van der Waals surface area (Å²) >= 11 is 0. The second-order valence-electron chi connectivity index (χ2n) is 15.2. The fourth-order valence-corrected chi connectivity index (χ4v) is 9.06. The summed E-state index contributed by atoms with van der Waals surface area (Å²) in [6.45, 7) is 13.3. The smallest absolute Gasteiger partial charge is 0.417 e. The van der Waals surface area contributed by atoms with Crippen molar-refractivity contribution in [3.05, 3.63) is 171 Å². The highest BCUT2D eigenvalue weighted by Crippen LogP contribution is 2.51. The summed E-state index contributed by atoms with van der Waals surface area (Å²) in [5, 5.41) is 2.15. The zero-order chi connectivity index (χ0) is 35.5. The van der Waals surface area contributed by atoms with E-state index in [4.69, 9.17) is 9.40 Å². The van der Waals surface area contributed by atoms with Gasteiger partial charge in [-0.05, 0) is 119 Å². The number of furan rings is 1. The topological polar surface area (TPSA) is 33.8 Å². The molecular weight excluding hydrogens is 635 g/mol. The lowest BCUT2D eigenvalue weighted by Crippen LogP contribution is -2.71. The lowest BCUT2D eigenvalue weighted by Gasteiger charge is -2.19. The second-order valence-corrected chi connectivity index (χ2v) is 15.2. The molecule has 2 aliphatic rings. The number of aryl methyl sites for hydroxylation is 8. The first-order valence-corrected chi connectivity index (χ1v) is 18.4. The molecular formula is C48H41N3O+2. The van der Waals surface area contributed by atoms with Crippen LogP contribution in [0.2, 0.25) is 0 Å². The Balaban J connectivity index is 1.28. The number of pyridine rings is 3. The van der Waals surface area contributed by atoms with E-state index in [0.29, 0.717) is 5.71 Å². The molecule has 1 spiro atoms. The fraction of sp³-hybridized carbons (Fsp3) is 0.188. The van der Waals surface area contributed by atoms with Crippen LogP contribution >= 0.6 is 0 Å². The summed E-state index contributed by atoms with van der Waals surface area (Å²) in [6, 6.07) is 38.2. The summed E-state index contributed by atoms with van der Waals surface area (Å²) in [6.07, 6.45) is 6.55. The second kappa shape index (κ2) is 11.1. The van der Waals surface area contributed by atoms with Gasteiger partial charge in [0.25, 0.3) is 0 Å². The Morgan fingerprint density at radius 1 is 0.558 bits per heavy atom. The van der Waals surface area contributed by atoms with Crippen molar-refractivity contribution in [2.75, 3.05) is 0 Å². The van der Waals surface area contributed by atoms with Crippen LogP contribution in [0.4, 0.5) is 0 Å². The molecule has 0 saturated heterocycles. The van der Waals surface area contributed by atoms with Crippen molar-refractivity contribution in [3.63, 3.8) is 0 Å². The Labute approximate surface area is 304 Å². The van der Waals surface area contributed by atoms with Crippen molar-refractivity contribution in [2.24, 2.45) is 0 Å². The van der Waals surface area contributed by atoms with Gasteiger partial charge in [0, 0.05) is 39.7 Å². The van der Waals surface area contributed by atoms with E-state index in [2.05, 4.69) is 166 Å². The van der Waals surface area contributed by atoms with Crippen molar-refractivity contribution in [2.45, 2.75) is 60.0 Å². The van der Waals surface area contributed by atoms with Gasteiger partial charge in [-0.15, -0.1) is 9.13 Å². The minimum absolute atomic E-state index is 0.632. The third-order valence-corrected chi connectivity index (χ3v) is 11.8. The van der Waals surface area contributed by atoms with Gasteiger partial charge in [-0.2, -0.15) is 0 Å². The molecule has 0 amide bonds. The number of benzene rings is 4. The third kappa shape index (κ3) is 4.24. The predicted octanol–water partition coefficient (Wildman–Crippen LogP) is 10.1. The van der Waals surface area contributed by atoms with Crippen LogP contribution in [0.5, 0.6) is 0 Å². The molecule has 2 aliphatic heterocycles. The van der Waals surface area contributed by atoms with Crippen LogP contribution in [0.25, 0.3) is 55.7 Å². The molecule has 0 fully saturated rings. The van der Waals surface area contributed by atoms with Crippen LogP contribution in [0.15, 0.2) is 120 Å². The first kappa shape index (κ1) is 30.9. The van der Waals surface area contributed by atoms with Gasteiger partial charge in [0.05, 0.1) is 5.56 Å². The van der Waals surface area contributed by atoms with Crippen molar-refractivity contribution in [1.29, 1.82) is 0 Å². The zero-order valence-electron chi connectivity index (χ0n) is 30.6. The van der Waals surface area contributed by atoms with E-state index in [1.54, 1.807) is 0 Å². The molecule has 8 aromatic rings. The van der Waals surface area contributed by atoms with Gasteiger partial charge in [-0.3, -0.25) is 0 Å². The van der Waals surface area contributed by atoms with Crippen molar-refractivity contribution in [3.8, 4) is 33.6 Å². The number of rotatable bonds is 4. The average molecular weight is 676 g/mol. The van der Waals surface area contributed by atoms with Crippen molar-refractivity contribution in [1.82, 2.24) is 4.98 Å².